The van der Waals surface area contributed by atoms with Gasteiger partial charge >= 0.3 is 5.97 Å². The van der Waals surface area contributed by atoms with Crippen molar-refractivity contribution in [1.82, 2.24) is 0 Å². The van der Waals surface area contributed by atoms with Crippen LogP contribution < -0.4 is 10.1 Å². The van der Waals surface area contributed by atoms with Gasteiger partial charge in [-0.15, -0.1) is 0 Å². The van der Waals surface area contributed by atoms with E-state index in [0.717, 1.165) is 0 Å². The van der Waals surface area contributed by atoms with Crippen LogP contribution >= 0.6 is 11.6 Å². The zero-order valence-electron chi connectivity index (χ0n) is 10.8. The summed E-state index contributed by atoms with van der Waals surface area (Å²) in [6.07, 6.45) is -0.265. The van der Waals surface area contributed by atoms with Gasteiger partial charge in [0.1, 0.15) is 5.75 Å². The number of aliphatic carboxylic acids is 1. The predicted molar refractivity (Wildman–Crippen MR) is 72.7 cm³/mol. The molecule has 0 saturated carbocycles. The molecule has 19 heavy (non-hydrogen) atoms. The van der Waals surface area contributed by atoms with Crippen molar-refractivity contribution in [2.75, 3.05) is 5.32 Å². The van der Waals surface area contributed by atoms with E-state index >= 15 is 0 Å². The highest BCUT2D eigenvalue weighted by Crippen LogP contribution is 2.28. The molecule has 1 aromatic carbocycles. The van der Waals surface area contributed by atoms with Crippen LogP contribution in [0.5, 0.6) is 5.75 Å². The van der Waals surface area contributed by atoms with E-state index in [2.05, 4.69) is 5.32 Å². The normalized spacial score (nSPS) is 10.3. The number of carbonyl (C=O) groups is 2. The molecule has 104 valence electrons. The molecule has 0 aliphatic rings. The van der Waals surface area contributed by atoms with Gasteiger partial charge < -0.3 is 15.2 Å². The molecule has 0 heterocycles. The first kappa shape index (κ1) is 15.3. The topological polar surface area (TPSA) is 75.6 Å². The second-order valence-electron chi connectivity index (χ2n) is 4.25. The first-order chi connectivity index (χ1) is 8.88. The van der Waals surface area contributed by atoms with Crippen molar-refractivity contribution < 1.29 is 19.4 Å². The van der Waals surface area contributed by atoms with E-state index in [4.69, 9.17) is 21.4 Å². The third-order valence-corrected chi connectivity index (χ3v) is 2.44. The van der Waals surface area contributed by atoms with Crippen LogP contribution in [0, 0.1) is 0 Å². The lowest BCUT2D eigenvalue weighted by Gasteiger charge is -2.12. The number of amides is 1. The number of anilines is 1. The fourth-order valence-corrected chi connectivity index (χ4v) is 1.60. The van der Waals surface area contributed by atoms with Crippen molar-refractivity contribution in [3.8, 4) is 5.75 Å². The molecule has 0 saturated heterocycles. The summed E-state index contributed by atoms with van der Waals surface area (Å²) in [5.74, 6) is -0.829. The fraction of sp³-hybridized carbons (Fsp3) is 0.385. The molecule has 6 heteroatoms. The SMILES string of the molecule is CC(C)Oc1ccc(NC(=O)CCC(=O)O)cc1Cl. The predicted octanol–water partition coefficient (Wildman–Crippen LogP) is 2.93. The zero-order chi connectivity index (χ0) is 14.4. The van der Waals surface area contributed by atoms with Crippen LogP contribution in [-0.4, -0.2) is 23.1 Å². The number of carbonyl (C=O) groups excluding carboxylic acids is 1. The Morgan fingerprint density at radius 1 is 1.37 bits per heavy atom. The van der Waals surface area contributed by atoms with E-state index in [1.54, 1.807) is 18.2 Å². The van der Waals surface area contributed by atoms with Crippen molar-refractivity contribution >= 4 is 29.2 Å². The van der Waals surface area contributed by atoms with Crippen LogP contribution in [0.3, 0.4) is 0 Å². The van der Waals surface area contributed by atoms with Crippen LogP contribution in [0.4, 0.5) is 5.69 Å². The first-order valence-electron chi connectivity index (χ1n) is 5.86. The van der Waals surface area contributed by atoms with Gasteiger partial charge in [-0.3, -0.25) is 9.59 Å². The summed E-state index contributed by atoms with van der Waals surface area (Å²) in [6, 6.07) is 4.88. The quantitative estimate of drug-likeness (QED) is 0.842. The summed E-state index contributed by atoms with van der Waals surface area (Å²) in [5, 5.41) is 11.4. The fourth-order valence-electron chi connectivity index (χ4n) is 1.37. The number of ether oxygens (including phenoxy) is 1. The summed E-state index contributed by atoms with van der Waals surface area (Å²) >= 11 is 6.01. The van der Waals surface area contributed by atoms with Gasteiger partial charge in [0.15, 0.2) is 0 Å². The molecule has 1 aromatic rings. The Bertz CT molecular complexity index is 474. The van der Waals surface area contributed by atoms with Gasteiger partial charge in [-0.05, 0) is 32.0 Å². The lowest BCUT2D eigenvalue weighted by Crippen LogP contribution is -2.13. The third kappa shape index (κ3) is 5.61. The van der Waals surface area contributed by atoms with Crippen LogP contribution in [-0.2, 0) is 9.59 Å². The van der Waals surface area contributed by atoms with Gasteiger partial charge in [0, 0.05) is 12.1 Å². The highest BCUT2D eigenvalue weighted by Gasteiger charge is 2.08. The molecular formula is C13H16ClNO4. The number of hydrogen-bond donors (Lipinski definition) is 2. The molecule has 0 aliphatic carbocycles. The minimum absolute atomic E-state index is 0.00788. The maximum Gasteiger partial charge on any atom is 0.303 e. The molecule has 0 aliphatic heterocycles. The summed E-state index contributed by atoms with van der Waals surface area (Å²) < 4.78 is 5.46. The van der Waals surface area contributed by atoms with E-state index < -0.39 is 5.97 Å². The molecule has 5 nitrogen and oxygen atoms in total. The Morgan fingerprint density at radius 3 is 2.58 bits per heavy atom. The molecule has 0 aromatic heterocycles. The minimum atomic E-state index is -1.01. The Labute approximate surface area is 116 Å². The first-order valence-corrected chi connectivity index (χ1v) is 6.24. The second-order valence-corrected chi connectivity index (χ2v) is 4.66. The molecule has 0 spiro atoms. The van der Waals surface area contributed by atoms with E-state index in [-0.39, 0.29) is 24.9 Å². The number of halogens is 1. The number of benzene rings is 1. The van der Waals surface area contributed by atoms with Gasteiger partial charge in [0.2, 0.25) is 5.91 Å². The molecule has 1 amide bonds. The van der Waals surface area contributed by atoms with Crippen LogP contribution in [0.25, 0.3) is 0 Å². The molecule has 0 fully saturated rings. The van der Waals surface area contributed by atoms with E-state index in [1.165, 1.54) is 0 Å². The van der Waals surface area contributed by atoms with Crippen molar-refractivity contribution in [2.24, 2.45) is 0 Å². The highest BCUT2D eigenvalue weighted by atomic mass is 35.5. The molecule has 0 atom stereocenters. The lowest BCUT2D eigenvalue weighted by molar-refractivity contribution is -0.138. The van der Waals surface area contributed by atoms with E-state index in [1.807, 2.05) is 13.8 Å². The van der Waals surface area contributed by atoms with Gasteiger partial charge in [-0.1, -0.05) is 11.6 Å². The largest absolute Gasteiger partial charge is 0.489 e. The Hall–Kier alpha value is -1.75. The monoisotopic (exact) mass is 285 g/mol. The second kappa shape index (κ2) is 6.99. The number of nitrogens with one attached hydrogen (secondary N) is 1. The minimum Gasteiger partial charge on any atom is -0.489 e. The van der Waals surface area contributed by atoms with E-state index in [9.17, 15) is 9.59 Å². The molecular weight excluding hydrogens is 270 g/mol. The molecule has 2 N–H and O–H groups in total. The number of rotatable bonds is 6. The third-order valence-electron chi connectivity index (χ3n) is 2.14. The van der Waals surface area contributed by atoms with Crippen molar-refractivity contribution in [3.05, 3.63) is 23.2 Å². The summed E-state index contributed by atoms with van der Waals surface area (Å²) in [4.78, 5) is 21.8. The smallest absolute Gasteiger partial charge is 0.303 e. The lowest BCUT2D eigenvalue weighted by atomic mass is 10.2. The Morgan fingerprint density at radius 2 is 2.05 bits per heavy atom. The number of carboxylic acids is 1. The number of hydrogen-bond acceptors (Lipinski definition) is 3. The number of carboxylic acid groups (broad SMARTS) is 1. The average molecular weight is 286 g/mol. The highest BCUT2D eigenvalue weighted by molar-refractivity contribution is 6.32. The van der Waals surface area contributed by atoms with Gasteiger partial charge in [0.25, 0.3) is 0 Å². The summed E-state index contributed by atoms with van der Waals surface area (Å²) in [5.41, 5.74) is 0.511. The summed E-state index contributed by atoms with van der Waals surface area (Å²) in [7, 11) is 0. The van der Waals surface area contributed by atoms with Crippen molar-refractivity contribution in [3.63, 3.8) is 0 Å². The van der Waals surface area contributed by atoms with Crippen LogP contribution in [0.1, 0.15) is 26.7 Å². The van der Waals surface area contributed by atoms with Crippen LogP contribution in [0.15, 0.2) is 18.2 Å². The molecule has 0 bridgehead atoms. The average Bonchev–Trinajstić information content (AvgIpc) is 2.29. The maximum absolute atomic E-state index is 11.4. The van der Waals surface area contributed by atoms with Crippen molar-refractivity contribution in [1.29, 1.82) is 0 Å². The Balaban J connectivity index is 2.63. The maximum atomic E-state index is 11.4. The van der Waals surface area contributed by atoms with E-state index in [0.29, 0.717) is 16.5 Å². The molecule has 0 unspecified atom stereocenters. The van der Waals surface area contributed by atoms with Crippen molar-refractivity contribution in [2.45, 2.75) is 32.8 Å². The zero-order valence-corrected chi connectivity index (χ0v) is 11.5. The van der Waals surface area contributed by atoms with Gasteiger partial charge in [-0.25, -0.2) is 0 Å². The van der Waals surface area contributed by atoms with Crippen LogP contribution in [0.2, 0.25) is 5.02 Å². The molecule has 1 rings (SSSR count). The van der Waals surface area contributed by atoms with Gasteiger partial charge in [0.05, 0.1) is 17.5 Å². The molecule has 0 radical (unpaired) electrons. The standard InChI is InChI=1S/C13H16ClNO4/c1-8(2)19-11-4-3-9(7-10(11)14)15-12(16)5-6-13(17)18/h3-4,7-8H,5-6H2,1-2H3,(H,15,16)(H,17,18). The Kier molecular flexibility index (Phi) is 5.63. The van der Waals surface area contributed by atoms with Gasteiger partial charge in [-0.2, -0.15) is 0 Å². The summed E-state index contributed by atoms with van der Waals surface area (Å²) in [6.45, 7) is 3.77.